The van der Waals surface area contributed by atoms with Crippen LogP contribution in [0.2, 0.25) is 12.5 Å². The Hall–Kier alpha value is 0.830. The fourth-order valence-corrected chi connectivity index (χ4v) is 9.42. The minimum atomic E-state index is -0.971. The molecule has 0 N–H and O–H groups in total. The molecule has 0 heterocycles. The third-order valence-corrected chi connectivity index (χ3v) is 13.7. The van der Waals surface area contributed by atoms with Gasteiger partial charge >= 0.3 is 92.6 Å². The van der Waals surface area contributed by atoms with Gasteiger partial charge in [-0.3, -0.25) is 0 Å². The van der Waals surface area contributed by atoms with Crippen LogP contribution >= 0.6 is 0 Å². The molecule has 0 fully saturated rings. The van der Waals surface area contributed by atoms with Gasteiger partial charge in [-0.2, -0.15) is 0 Å². The second kappa shape index (κ2) is 9.39. The predicted molar refractivity (Wildman–Crippen MR) is 63.9 cm³/mol. The molecule has 0 aromatic heterocycles. The zero-order valence-corrected chi connectivity index (χ0v) is 13.3. The summed E-state index contributed by atoms with van der Waals surface area (Å²) in [6.45, 7) is 9.54. The average Bonchev–Trinajstić information content (AvgIpc) is 2.16. The molecule has 13 heavy (non-hydrogen) atoms. The van der Waals surface area contributed by atoms with Crippen LogP contribution in [0.15, 0.2) is 0 Å². The normalized spacial score (nSPS) is 10.8. The van der Waals surface area contributed by atoms with E-state index in [-0.39, 0.29) is 0 Å². The molecule has 0 aliphatic heterocycles. The second-order valence-electron chi connectivity index (χ2n) is 4.10. The maximum atomic E-state index is 2.44. The van der Waals surface area contributed by atoms with Crippen molar-refractivity contribution in [2.45, 2.75) is 46.1 Å². The molecule has 0 rings (SSSR count). The Morgan fingerprint density at radius 3 is 2.23 bits per heavy atom. The van der Waals surface area contributed by atoms with E-state index in [0.29, 0.717) is 0 Å². The maximum absolute atomic E-state index is 2.44. The standard InChI is InChI=1S/C6H14N.C3H7.C2H5.In/c1-4-6-7(3)5-2;1-3-2;1-2;/h1,4-6H2,2-3H3;1,3H2,2H3;1H2,2H3;. The predicted octanol–water partition coefficient (Wildman–Crippen LogP) is 3.25. The summed E-state index contributed by atoms with van der Waals surface area (Å²) in [6, 6.07) is 0. The molecule has 0 amide bonds. The molecule has 0 aromatic carbocycles. The number of hydrogen-bond acceptors (Lipinski definition) is 1. The topological polar surface area (TPSA) is 3.24 Å². The van der Waals surface area contributed by atoms with Crippen LogP contribution in [0.4, 0.5) is 0 Å². The molecule has 0 saturated carbocycles. The number of hydrogen-bond donors (Lipinski definition) is 0. The summed E-state index contributed by atoms with van der Waals surface area (Å²) in [5.74, 6) is 0. The summed E-state index contributed by atoms with van der Waals surface area (Å²) in [5.41, 5.74) is 0. The van der Waals surface area contributed by atoms with Gasteiger partial charge in [-0.05, 0) is 0 Å². The van der Waals surface area contributed by atoms with E-state index in [0.717, 1.165) is 0 Å². The first-order valence-electron chi connectivity index (χ1n) is 5.93. The van der Waals surface area contributed by atoms with Gasteiger partial charge in [0.15, 0.2) is 0 Å². The molecule has 1 nitrogen and oxygen atoms in total. The van der Waals surface area contributed by atoms with Crippen LogP contribution in [0.5, 0.6) is 0 Å². The van der Waals surface area contributed by atoms with Crippen LogP contribution in [0.3, 0.4) is 0 Å². The van der Waals surface area contributed by atoms with E-state index in [4.69, 9.17) is 0 Å². The summed E-state index contributed by atoms with van der Waals surface area (Å²) in [6.07, 6.45) is 2.91. The summed E-state index contributed by atoms with van der Waals surface area (Å²) < 4.78 is 4.84. The second-order valence-corrected chi connectivity index (χ2v) is 14.7. The molecule has 2 heteroatoms. The van der Waals surface area contributed by atoms with Crippen molar-refractivity contribution in [1.82, 2.24) is 4.90 Å². The van der Waals surface area contributed by atoms with Crippen molar-refractivity contribution in [3.63, 3.8) is 0 Å². The SMILES string of the molecule is CC[CH2][In]([CH2]C)[CH2]CCN(C)CC. The zero-order valence-electron chi connectivity index (χ0n) is 9.97. The van der Waals surface area contributed by atoms with E-state index in [1.54, 1.807) is 12.5 Å². The van der Waals surface area contributed by atoms with Crippen LogP contribution in [0.1, 0.15) is 33.6 Å². The fraction of sp³-hybridized carbons (Fsp3) is 1.00. The van der Waals surface area contributed by atoms with E-state index in [2.05, 4.69) is 32.7 Å². The number of rotatable bonds is 8. The van der Waals surface area contributed by atoms with Gasteiger partial charge in [0.2, 0.25) is 0 Å². The van der Waals surface area contributed by atoms with Gasteiger partial charge in [-0.25, -0.2) is 0 Å². The van der Waals surface area contributed by atoms with Gasteiger partial charge < -0.3 is 0 Å². The van der Waals surface area contributed by atoms with E-state index < -0.39 is 21.4 Å². The first kappa shape index (κ1) is 13.8. The molecule has 0 radical (unpaired) electrons. The Morgan fingerprint density at radius 2 is 1.77 bits per heavy atom. The molecule has 0 aliphatic carbocycles. The van der Waals surface area contributed by atoms with Gasteiger partial charge in [0.05, 0.1) is 0 Å². The Balaban J connectivity index is 3.37. The monoisotopic (exact) mass is 287 g/mol. The summed E-state index contributed by atoms with van der Waals surface area (Å²) in [4.78, 5) is 2.44. The molecule has 0 aromatic rings. The minimum absolute atomic E-state index is 0.971. The Kier molecular flexibility index (Phi) is 9.99. The third kappa shape index (κ3) is 7.87. The van der Waals surface area contributed by atoms with E-state index in [9.17, 15) is 0 Å². The van der Waals surface area contributed by atoms with Crippen LogP contribution in [0, 0.1) is 0 Å². The van der Waals surface area contributed by atoms with Gasteiger partial charge in [-0.15, -0.1) is 0 Å². The van der Waals surface area contributed by atoms with Crippen molar-refractivity contribution in [3.8, 4) is 0 Å². The van der Waals surface area contributed by atoms with Crippen molar-refractivity contribution >= 4 is 21.4 Å². The van der Waals surface area contributed by atoms with Crippen molar-refractivity contribution in [2.24, 2.45) is 0 Å². The Morgan fingerprint density at radius 1 is 1.08 bits per heavy atom. The molecule has 0 saturated heterocycles. The van der Waals surface area contributed by atoms with Gasteiger partial charge in [0, 0.05) is 0 Å². The molecule has 0 spiro atoms. The number of nitrogens with zero attached hydrogens (tertiary/aromatic N) is 1. The van der Waals surface area contributed by atoms with Crippen molar-refractivity contribution in [3.05, 3.63) is 0 Å². The summed E-state index contributed by atoms with van der Waals surface area (Å²) in [5, 5.41) is 0. The van der Waals surface area contributed by atoms with E-state index in [1.165, 1.54) is 25.9 Å². The summed E-state index contributed by atoms with van der Waals surface area (Å²) >= 11 is -0.971. The van der Waals surface area contributed by atoms with Crippen LogP contribution in [-0.2, 0) is 0 Å². The fourth-order valence-electron chi connectivity index (χ4n) is 1.77. The van der Waals surface area contributed by atoms with Crippen molar-refractivity contribution in [2.75, 3.05) is 20.1 Å². The van der Waals surface area contributed by atoms with E-state index in [1.807, 2.05) is 0 Å². The molecular weight excluding hydrogens is 261 g/mol. The molecule has 0 atom stereocenters. The van der Waals surface area contributed by atoms with Crippen molar-refractivity contribution < 1.29 is 0 Å². The zero-order chi connectivity index (χ0) is 10.1. The Labute approximate surface area is 92.4 Å². The summed E-state index contributed by atoms with van der Waals surface area (Å²) in [7, 11) is 2.23. The molecule has 0 aliphatic rings. The van der Waals surface area contributed by atoms with Crippen LogP contribution in [-0.4, -0.2) is 46.5 Å². The van der Waals surface area contributed by atoms with Gasteiger partial charge in [-0.1, -0.05) is 0 Å². The van der Waals surface area contributed by atoms with Crippen LogP contribution < -0.4 is 0 Å². The van der Waals surface area contributed by atoms with Crippen molar-refractivity contribution in [1.29, 1.82) is 0 Å². The first-order valence-corrected chi connectivity index (χ1v) is 12.9. The van der Waals surface area contributed by atoms with Gasteiger partial charge in [0.25, 0.3) is 0 Å². The molecule has 78 valence electrons. The molecule has 0 unspecified atom stereocenters. The van der Waals surface area contributed by atoms with Gasteiger partial charge in [0.1, 0.15) is 0 Å². The van der Waals surface area contributed by atoms with Crippen LogP contribution in [0.25, 0.3) is 0 Å². The quantitative estimate of drug-likeness (QED) is 0.662. The third-order valence-electron chi connectivity index (χ3n) is 2.97. The Bertz CT molecular complexity index is 106. The van der Waals surface area contributed by atoms with E-state index >= 15 is 0 Å². The molecule has 0 bridgehead atoms. The molecular formula is C11H26InN. The average molecular weight is 287 g/mol. The first-order chi connectivity index (χ1) is 6.24.